The molecular weight excluding hydrogens is 217 g/mol. The molecule has 1 aromatic carbocycles. The lowest BCUT2D eigenvalue weighted by Crippen LogP contribution is -2.09. The molecule has 1 fully saturated rings. The zero-order valence-electron chi connectivity index (χ0n) is 8.11. The van der Waals surface area contributed by atoms with Gasteiger partial charge in [-0.2, -0.15) is 0 Å². The van der Waals surface area contributed by atoms with Gasteiger partial charge in [-0.1, -0.05) is 0 Å². The van der Waals surface area contributed by atoms with Gasteiger partial charge >= 0.3 is 0 Å². The summed E-state index contributed by atoms with van der Waals surface area (Å²) >= 11 is 0. The van der Waals surface area contributed by atoms with Crippen molar-refractivity contribution in [2.75, 3.05) is 11.5 Å². The summed E-state index contributed by atoms with van der Waals surface area (Å²) in [6.07, 6.45) is 1.91. The molecule has 0 atom stereocenters. The summed E-state index contributed by atoms with van der Waals surface area (Å²) in [5, 5.41) is 0. The SMILES string of the molecule is Nc1ccc(S(=O)(=O)CC2CC2)cc1F. The smallest absolute Gasteiger partial charge is 0.178 e. The van der Waals surface area contributed by atoms with Gasteiger partial charge in [0.2, 0.25) is 0 Å². The number of halogens is 1. The first-order valence-corrected chi connectivity index (χ1v) is 6.42. The van der Waals surface area contributed by atoms with Crippen LogP contribution in [0.5, 0.6) is 0 Å². The van der Waals surface area contributed by atoms with Gasteiger partial charge < -0.3 is 5.73 Å². The third kappa shape index (κ3) is 2.28. The molecule has 5 heteroatoms. The fourth-order valence-corrected chi connectivity index (χ4v) is 3.10. The maximum atomic E-state index is 13.1. The van der Waals surface area contributed by atoms with E-state index in [1.54, 1.807) is 0 Å². The molecule has 0 radical (unpaired) electrons. The second-order valence-electron chi connectivity index (χ2n) is 3.91. The van der Waals surface area contributed by atoms with Gasteiger partial charge in [0.1, 0.15) is 5.82 Å². The Morgan fingerprint density at radius 1 is 1.40 bits per heavy atom. The predicted octanol–water partition coefficient (Wildman–Crippen LogP) is 1.59. The zero-order chi connectivity index (χ0) is 11.1. The number of nitrogens with two attached hydrogens (primary N) is 1. The molecule has 1 saturated carbocycles. The van der Waals surface area contributed by atoms with Crippen LogP contribution in [-0.4, -0.2) is 14.2 Å². The Bertz CT molecular complexity index is 480. The van der Waals surface area contributed by atoms with E-state index in [4.69, 9.17) is 5.73 Å². The fourth-order valence-electron chi connectivity index (χ4n) is 1.39. The Morgan fingerprint density at radius 3 is 2.60 bits per heavy atom. The van der Waals surface area contributed by atoms with E-state index in [9.17, 15) is 12.8 Å². The van der Waals surface area contributed by atoms with Crippen molar-refractivity contribution in [3.05, 3.63) is 24.0 Å². The summed E-state index contributed by atoms with van der Waals surface area (Å²) in [6.45, 7) is 0. The number of anilines is 1. The minimum atomic E-state index is -3.33. The van der Waals surface area contributed by atoms with Crippen LogP contribution in [0.1, 0.15) is 12.8 Å². The van der Waals surface area contributed by atoms with E-state index >= 15 is 0 Å². The lowest BCUT2D eigenvalue weighted by molar-refractivity contribution is 0.588. The molecule has 0 aromatic heterocycles. The molecule has 82 valence electrons. The van der Waals surface area contributed by atoms with Crippen LogP contribution in [0.3, 0.4) is 0 Å². The van der Waals surface area contributed by atoms with Crippen molar-refractivity contribution in [3.63, 3.8) is 0 Å². The van der Waals surface area contributed by atoms with Crippen LogP contribution in [-0.2, 0) is 9.84 Å². The number of nitrogen functional groups attached to an aromatic ring is 1. The lowest BCUT2D eigenvalue weighted by atomic mass is 10.3. The second-order valence-corrected chi connectivity index (χ2v) is 5.94. The van der Waals surface area contributed by atoms with Gasteiger partial charge in [0, 0.05) is 0 Å². The zero-order valence-corrected chi connectivity index (χ0v) is 8.93. The first-order valence-electron chi connectivity index (χ1n) is 4.77. The van der Waals surface area contributed by atoms with Crippen molar-refractivity contribution >= 4 is 15.5 Å². The number of benzene rings is 1. The van der Waals surface area contributed by atoms with Gasteiger partial charge in [-0.3, -0.25) is 0 Å². The molecule has 0 heterocycles. The Morgan fingerprint density at radius 2 is 2.07 bits per heavy atom. The molecule has 1 aliphatic carbocycles. The number of hydrogen-bond acceptors (Lipinski definition) is 3. The third-order valence-electron chi connectivity index (χ3n) is 2.48. The average molecular weight is 229 g/mol. The lowest BCUT2D eigenvalue weighted by Gasteiger charge is -2.04. The summed E-state index contributed by atoms with van der Waals surface area (Å²) in [5.74, 6) is -0.293. The highest BCUT2D eigenvalue weighted by atomic mass is 32.2. The molecular formula is C10H12FNO2S. The molecule has 0 spiro atoms. The first-order chi connectivity index (χ1) is 6.99. The van der Waals surface area contributed by atoms with E-state index in [2.05, 4.69) is 0 Å². The van der Waals surface area contributed by atoms with Crippen LogP contribution < -0.4 is 5.73 Å². The molecule has 2 N–H and O–H groups in total. The van der Waals surface area contributed by atoms with Crippen molar-refractivity contribution in [1.29, 1.82) is 0 Å². The summed E-state index contributed by atoms with van der Waals surface area (Å²) in [5.41, 5.74) is 5.25. The second kappa shape index (κ2) is 3.48. The Kier molecular flexibility index (Phi) is 2.42. The van der Waals surface area contributed by atoms with E-state index < -0.39 is 15.7 Å². The third-order valence-corrected chi connectivity index (χ3v) is 4.37. The van der Waals surface area contributed by atoms with Crippen LogP contribution in [0.15, 0.2) is 23.1 Å². The van der Waals surface area contributed by atoms with E-state index in [0.717, 1.165) is 18.9 Å². The summed E-state index contributed by atoms with van der Waals surface area (Å²) in [6, 6.07) is 3.64. The maximum absolute atomic E-state index is 13.1. The predicted molar refractivity (Wildman–Crippen MR) is 55.6 cm³/mol. The first kappa shape index (κ1) is 10.4. The van der Waals surface area contributed by atoms with Crippen LogP contribution >= 0.6 is 0 Å². The van der Waals surface area contributed by atoms with Gasteiger partial charge in [0.25, 0.3) is 0 Å². The van der Waals surface area contributed by atoms with Crippen LogP contribution in [0.4, 0.5) is 10.1 Å². The maximum Gasteiger partial charge on any atom is 0.178 e. The topological polar surface area (TPSA) is 60.2 Å². The highest BCUT2D eigenvalue weighted by Gasteiger charge is 2.29. The number of hydrogen-bond donors (Lipinski definition) is 1. The van der Waals surface area contributed by atoms with Gasteiger partial charge in [-0.05, 0) is 37.0 Å². The van der Waals surface area contributed by atoms with Gasteiger partial charge in [0.15, 0.2) is 9.84 Å². The minimum Gasteiger partial charge on any atom is -0.396 e. The number of rotatable bonds is 3. The summed E-state index contributed by atoms with van der Waals surface area (Å²) in [4.78, 5) is 0.0288. The largest absolute Gasteiger partial charge is 0.396 e. The van der Waals surface area contributed by atoms with Gasteiger partial charge in [0.05, 0.1) is 16.3 Å². The average Bonchev–Trinajstić information content (AvgIpc) is 2.92. The highest BCUT2D eigenvalue weighted by Crippen LogP contribution is 2.32. The molecule has 0 amide bonds. The Hall–Kier alpha value is -1.10. The van der Waals surface area contributed by atoms with Crippen molar-refractivity contribution in [3.8, 4) is 0 Å². The van der Waals surface area contributed by atoms with Crippen molar-refractivity contribution < 1.29 is 12.8 Å². The van der Waals surface area contributed by atoms with E-state index in [1.165, 1.54) is 12.1 Å². The fraction of sp³-hybridized carbons (Fsp3) is 0.400. The Labute approximate surface area is 88.0 Å². The molecule has 0 saturated heterocycles. The molecule has 0 unspecified atom stereocenters. The quantitative estimate of drug-likeness (QED) is 0.801. The van der Waals surface area contributed by atoms with Crippen LogP contribution in [0.25, 0.3) is 0 Å². The highest BCUT2D eigenvalue weighted by molar-refractivity contribution is 7.91. The molecule has 0 aliphatic heterocycles. The minimum absolute atomic E-state index is 0.0274. The molecule has 1 aromatic rings. The molecule has 2 rings (SSSR count). The van der Waals surface area contributed by atoms with E-state index in [1.807, 2.05) is 0 Å². The van der Waals surface area contributed by atoms with Gasteiger partial charge in [-0.25, -0.2) is 12.8 Å². The van der Waals surface area contributed by atoms with E-state index in [-0.39, 0.29) is 22.3 Å². The van der Waals surface area contributed by atoms with Crippen LogP contribution in [0, 0.1) is 11.7 Å². The van der Waals surface area contributed by atoms with Gasteiger partial charge in [-0.15, -0.1) is 0 Å². The van der Waals surface area contributed by atoms with Crippen molar-refractivity contribution in [2.45, 2.75) is 17.7 Å². The molecule has 15 heavy (non-hydrogen) atoms. The monoisotopic (exact) mass is 229 g/mol. The molecule has 3 nitrogen and oxygen atoms in total. The molecule has 0 bridgehead atoms. The summed E-state index contributed by atoms with van der Waals surface area (Å²) in [7, 11) is -3.33. The standard InChI is InChI=1S/C10H12FNO2S/c11-9-5-8(3-4-10(9)12)15(13,14)6-7-1-2-7/h3-5,7H,1-2,6,12H2. The van der Waals surface area contributed by atoms with Crippen molar-refractivity contribution in [1.82, 2.24) is 0 Å². The number of sulfone groups is 1. The Balaban J connectivity index is 2.31. The van der Waals surface area contributed by atoms with E-state index in [0.29, 0.717) is 0 Å². The van der Waals surface area contributed by atoms with Crippen LogP contribution in [0.2, 0.25) is 0 Å². The van der Waals surface area contributed by atoms with Crippen molar-refractivity contribution in [2.24, 2.45) is 5.92 Å². The molecule has 1 aliphatic rings. The normalized spacial score (nSPS) is 16.6. The summed E-state index contributed by atoms with van der Waals surface area (Å²) < 4.78 is 36.6.